The van der Waals surface area contributed by atoms with Gasteiger partial charge in [0.1, 0.15) is 5.75 Å². The lowest BCUT2D eigenvalue weighted by atomic mass is 10.1. The zero-order chi connectivity index (χ0) is 19.8. The number of hydrogen-bond donors (Lipinski definition) is 1. The molecule has 1 atom stereocenters. The van der Waals surface area contributed by atoms with Crippen LogP contribution < -0.4 is 14.4 Å². The van der Waals surface area contributed by atoms with Crippen LogP contribution in [0.5, 0.6) is 5.75 Å². The van der Waals surface area contributed by atoms with E-state index in [9.17, 15) is 13.2 Å². The molecule has 0 bridgehead atoms. The van der Waals surface area contributed by atoms with Crippen molar-refractivity contribution in [1.29, 1.82) is 0 Å². The number of carbonyl (C=O) groups excluding carboxylic acids is 1. The van der Waals surface area contributed by atoms with Gasteiger partial charge < -0.3 is 9.64 Å². The lowest BCUT2D eigenvalue weighted by molar-refractivity contribution is -0.117. The predicted molar refractivity (Wildman–Crippen MR) is 105 cm³/mol. The number of methoxy groups -OCH3 is 1. The summed E-state index contributed by atoms with van der Waals surface area (Å²) in [5.74, 6) is 0.596. The second-order valence-electron chi connectivity index (χ2n) is 6.95. The average Bonchev–Trinajstić information content (AvgIpc) is 2.93. The highest BCUT2D eigenvalue weighted by Crippen LogP contribution is 2.26. The van der Waals surface area contributed by atoms with Crippen LogP contribution in [0.25, 0.3) is 0 Å². The number of anilines is 1. The van der Waals surface area contributed by atoms with Crippen LogP contribution in [0.15, 0.2) is 41.3 Å². The largest absolute Gasteiger partial charge is 0.497 e. The molecule has 144 valence electrons. The Hall–Kier alpha value is -2.38. The zero-order valence-corrected chi connectivity index (χ0v) is 16.8. The maximum Gasteiger partial charge on any atom is 0.241 e. The second kappa shape index (κ2) is 7.32. The van der Waals surface area contributed by atoms with E-state index in [1.807, 2.05) is 19.1 Å². The molecule has 0 spiro atoms. The first-order valence-electron chi connectivity index (χ1n) is 8.76. The van der Waals surface area contributed by atoms with Gasteiger partial charge in [-0.2, -0.15) is 0 Å². The maximum atomic E-state index is 12.9. The third-order valence-corrected chi connectivity index (χ3v) is 6.53. The number of ether oxygens (including phenoxy) is 1. The van der Waals surface area contributed by atoms with Gasteiger partial charge in [-0.3, -0.25) is 4.79 Å². The van der Waals surface area contributed by atoms with E-state index in [-0.39, 0.29) is 12.3 Å². The van der Waals surface area contributed by atoms with Crippen LogP contribution in [-0.2, 0) is 14.8 Å². The van der Waals surface area contributed by atoms with Crippen molar-refractivity contribution in [3.63, 3.8) is 0 Å². The fourth-order valence-corrected chi connectivity index (χ4v) is 5.35. The summed E-state index contributed by atoms with van der Waals surface area (Å²) in [6.07, 6.45) is 0.134. The number of carbonyl (C=O) groups is 1. The van der Waals surface area contributed by atoms with Crippen molar-refractivity contribution in [2.75, 3.05) is 18.6 Å². The number of benzene rings is 2. The van der Waals surface area contributed by atoms with E-state index in [1.165, 1.54) is 0 Å². The van der Waals surface area contributed by atoms with Crippen LogP contribution in [0.2, 0.25) is 0 Å². The summed E-state index contributed by atoms with van der Waals surface area (Å²) < 4.78 is 33.7. The number of rotatable bonds is 5. The van der Waals surface area contributed by atoms with Gasteiger partial charge >= 0.3 is 0 Å². The van der Waals surface area contributed by atoms with E-state index < -0.39 is 16.1 Å². The minimum Gasteiger partial charge on any atom is -0.497 e. The quantitative estimate of drug-likeness (QED) is 0.855. The molecule has 1 aliphatic heterocycles. The third kappa shape index (κ3) is 3.99. The van der Waals surface area contributed by atoms with Crippen molar-refractivity contribution in [3.8, 4) is 5.75 Å². The Balaban J connectivity index is 1.79. The van der Waals surface area contributed by atoms with Gasteiger partial charge in [0.2, 0.25) is 15.9 Å². The lowest BCUT2D eigenvalue weighted by Crippen LogP contribution is -2.37. The highest BCUT2D eigenvalue weighted by molar-refractivity contribution is 7.89. The molecule has 2 aromatic rings. The first kappa shape index (κ1) is 19.4. The van der Waals surface area contributed by atoms with Gasteiger partial charge in [-0.25, -0.2) is 13.1 Å². The highest BCUT2D eigenvalue weighted by atomic mass is 32.2. The number of amides is 1. The first-order valence-corrected chi connectivity index (χ1v) is 10.2. The van der Waals surface area contributed by atoms with Crippen LogP contribution in [0, 0.1) is 20.8 Å². The molecule has 1 fully saturated rings. The van der Waals surface area contributed by atoms with Gasteiger partial charge in [0.05, 0.1) is 12.0 Å². The van der Waals surface area contributed by atoms with Crippen LogP contribution in [0.4, 0.5) is 5.69 Å². The standard InChI is InChI=1S/C20H24N2O4S/c1-13-9-14(2)20(15(3)10-13)27(24,25)21-16-11-19(23)22(12-16)17-5-7-18(26-4)8-6-17/h5-10,16,21H,11-12H2,1-4H3. The summed E-state index contributed by atoms with van der Waals surface area (Å²) in [7, 11) is -2.13. The number of aryl methyl sites for hydroxylation is 3. The summed E-state index contributed by atoms with van der Waals surface area (Å²) in [5, 5.41) is 0. The Kier molecular flexibility index (Phi) is 5.26. The van der Waals surface area contributed by atoms with Crippen molar-refractivity contribution >= 4 is 21.6 Å². The number of nitrogens with zero attached hydrogens (tertiary/aromatic N) is 1. The van der Waals surface area contributed by atoms with E-state index in [0.29, 0.717) is 28.3 Å². The normalized spacial score (nSPS) is 17.4. The van der Waals surface area contributed by atoms with E-state index in [4.69, 9.17) is 4.74 Å². The molecule has 7 heteroatoms. The molecule has 0 aliphatic carbocycles. The summed E-state index contributed by atoms with van der Waals surface area (Å²) >= 11 is 0. The molecule has 6 nitrogen and oxygen atoms in total. The van der Waals surface area contributed by atoms with E-state index in [2.05, 4.69) is 4.72 Å². The molecule has 1 heterocycles. The lowest BCUT2D eigenvalue weighted by Gasteiger charge is -2.19. The fourth-order valence-electron chi connectivity index (χ4n) is 3.67. The van der Waals surface area contributed by atoms with Crippen molar-refractivity contribution in [2.45, 2.75) is 38.1 Å². The average molecular weight is 388 g/mol. The molecular weight excluding hydrogens is 364 g/mol. The maximum absolute atomic E-state index is 12.9. The number of nitrogens with one attached hydrogen (secondary N) is 1. The number of sulfonamides is 1. The summed E-state index contributed by atoms with van der Waals surface area (Å²) in [6.45, 7) is 5.82. The molecule has 0 radical (unpaired) electrons. The third-order valence-electron chi connectivity index (χ3n) is 4.70. The molecule has 27 heavy (non-hydrogen) atoms. The van der Waals surface area contributed by atoms with Crippen molar-refractivity contribution in [2.24, 2.45) is 0 Å². The number of hydrogen-bond acceptors (Lipinski definition) is 4. The van der Waals surface area contributed by atoms with Crippen LogP contribution in [-0.4, -0.2) is 34.0 Å². The summed E-state index contributed by atoms with van der Waals surface area (Å²) in [4.78, 5) is 14.3. The molecule has 1 unspecified atom stereocenters. The fraction of sp³-hybridized carbons (Fsp3) is 0.350. The van der Waals surface area contributed by atoms with Gasteiger partial charge in [-0.1, -0.05) is 17.7 Å². The molecular formula is C20H24N2O4S. The molecule has 1 N–H and O–H groups in total. The topological polar surface area (TPSA) is 75.7 Å². The van der Waals surface area contributed by atoms with Gasteiger partial charge in [0, 0.05) is 24.7 Å². The summed E-state index contributed by atoms with van der Waals surface area (Å²) in [5.41, 5.74) is 3.16. The van der Waals surface area contributed by atoms with Crippen molar-refractivity contribution in [1.82, 2.24) is 4.72 Å². The Morgan fingerprint density at radius 3 is 2.22 bits per heavy atom. The minimum absolute atomic E-state index is 0.106. The Morgan fingerprint density at radius 2 is 1.67 bits per heavy atom. The molecule has 3 rings (SSSR count). The van der Waals surface area contributed by atoms with Gasteiger partial charge in [0.15, 0.2) is 0 Å². The molecule has 0 aromatic heterocycles. The van der Waals surface area contributed by atoms with Crippen LogP contribution >= 0.6 is 0 Å². The zero-order valence-electron chi connectivity index (χ0n) is 15.9. The molecule has 2 aromatic carbocycles. The highest BCUT2D eigenvalue weighted by Gasteiger charge is 2.34. The summed E-state index contributed by atoms with van der Waals surface area (Å²) in [6, 6.07) is 10.4. The van der Waals surface area contributed by atoms with Gasteiger partial charge in [-0.05, 0) is 56.2 Å². The molecule has 0 saturated carbocycles. The van der Waals surface area contributed by atoms with E-state index >= 15 is 0 Å². The second-order valence-corrected chi connectivity index (χ2v) is 8.60. The van der Waals surface area contributed by atoms with E-state index in [0.717, 1.165) is 11.3 Å². The predicted octanol–water partition coefficient (Wildman–Crippen LogP) is 2.70. The van der Waals surface area contributed by atoms with E-state index in [1.54, 1.807) is 50.1 Å². The van der Waals surface area contributed by atoms with Crippen molar-refractivity contribution < 1.29 is 17.9 Å². The smallest absolute Gasteiger partial charge is 0.241 e. The minimum atomic E-state index is -3.71. The SMILES string of the molecule is COc1ccc(N2CC(NS(=O)(=O)c3c(C)cc(C)cc3C)CC2=O)cc1. The van der Waals surface area contributed by atoms with Gasteiger partial charge in [-0.15, -0.1) is 0 Å². The Bertz CT molecular complexity index is 945. The van der Waals surface area contributed by atoms with Crippen LogP contribution in [0.1, 0.15) is 23.1 Å². The van der Waals surface area contributed by atoms with Gasteiger partial charge in [0.25, 0.3) is 0 Å². The van der Waals surface area contributed by atoms with Crippen molar-refractivity contribution in [3.05, 3.63) is 53.1 Å². The molecule has 1 amide bonds. The van der Waals surface area contributed by atoms with Crippen LogP contribution in [0.3, 0.4) is 0 Å². The first-order chi connectivity index (χ1) is 12.7. The Morgan fingerprint density at radius 1 is 1.07 bits per heavy atom. The monoisotopic (exact) mass is 388 g/mol. The molecule has 1 aliphatic rings. The molecule has 1 saturated heterocycles. The Labute approximate surface area is 160 Å².